The summed E-state index contributed by atoms with van der Waals surface area (Å²) in [5, 5.41) is 5.10. The van der Waals surface area contributed by atoms with Gasteiger partial charge in [0.05, 0.1) is 10.0 Å². The number of halogens is 2. The Morgan fingerprint density at radius 2 is 1.86 bits per heavy atom. The predicted molar refractivity (Wildman–Crippen MR) is 93.2 cm³/mol. The largest absolute Gasteiger partial charge is 0.310 e. The zero-order valence-electron chi connectivity index (χ0n) is 13.4. The van der Waals surface area contributed by atoms with E-state index >= 15 is 0 Å². The van der Waals surface area contributed by atoms with Crippen molar-refractivity contribution in [2.45, 2.75) is 58.9 Å². The molecule has 118 valence electrons. The second-order valence-electron chi connectivity index (χ2n) is 6.80. The minimum atomic E-state index is 0.304. The molecule has 0 radical (unpaired) electrons. The van der Waals surface area contributed by atoms with Gasteiger partial charge in [0.1, 0.15) is 0 Å². The molecule has 3 heteroatoms. The molecule has 1 aliphatic carbocycles. The van der Waals surface area contributed by atoms with Gasteiger partial charge in [0.25, 0.3) is 0 Å². The molecule has 2 rings (SSSR count). The number of hydrogen-bond donors (Lipinski definition) is 1. The van der Waals surface area contributed by atoms with Crippen LogP contribution in [0.2, 0.25) is 10.0 Å². The summed E-state index contributed by atoms with van der Waals surface area (Å²) >= 11 is 12.8. The van der Waals surface area contributed by atoms with Crippen LogP contribution < -0.4 is 5.32 Å². The molecule has 1 unspecified atom stereocenters. The van der Waals surface area contributed by atoms with Crippen LogP contribution in [0.3, 0.4) is 0 Å². The predicted octanol–water partition coefficient (Wildman–Crippen LogP) is 6.25. The molecule has 1 aliphatic rings. The van der Waals surface area contributed by atoms with Gasteiger partial charge in [-0.1, -0.05) is 68.9 Å². The van der Waals surface area contributed by atoms with Crippen molar-refractivity contribution in [3.63, 3.8) is 0 Å². The molecule has 0 heterocycles. The third-order valence-corrected chi connectivity index (χ3v) is 5.56. The van der Waals surface area contributed by atoms with Crippen LogP contribution in [-0.4, -0.2) is 6.54 Å². The Kier molecular flexibility index (Phi) is 5.99. The normalized spacial score (nSPS) is 19.1. The van der Waals surface area contributed by atoms with E-state index in [9.17, 15) is 0 Å². The average molecular weight is 328 g/mol. The highest BCUT2D eigenvalue weighted by Gasteiger charge is 2.42. The summed E-state index contributed by atoms with van der Waals surface area (Å²) in [5.41, 5.74) is 1.49. The van der Waals surface area contributed by atoms with Crippen molar-refractivity contribution in [1.82, 2.24) is 5.32 Å². The molecule has 0 amide bonds. The van der Waals surface area contributed by atoms with E-state index in [4.69, 9.17) is 23.2 Å². The van der Waals surface area contributed by atoms with Crippen LogP contribution in [0.1, 0.15) is 64.5 Å². The van der Waals surface area contributed by atoms with Gasteiger partial charge in [-0.15, -0.1) is 0 Å². The van der Waals surface area contributed by atoms with Gasteiger partial charge in [-0.25, -0.2) is 0 Å². The lowest BCUT2D eigenvalue weighted by molar-refractivity contribution is 0.157. The smallest absolute Gasteiger partial charge is 0.0640 e. The first-order valence-electron chi connectivity index (χ1n) is 8.17. The van der Waals surface area contributed by atoms with Crippen LogP contribution in [0.5, 0.6) is 0 Å². The lowest BCUT2D eigenvalue weighted by Crippen LogP contribution is -2.37. The lowest BCUT2D eigenvalue weighted by Gasteiger charge is -2.40. The first kappa shape index (κ1) is 17.1. The van der Waals surface area contributed by atoms with Crippen LogP contribution in [0.15, 0.2) is 18.2 Å². The zero-order valence-corrected chi connectivity index (χ0v) is 14.9. The third kappa shape index (κ3) is 3.75. The van der Waals surface area contributed by atoms with Crippen molar-refractivity contribution < 1.29 is 0 Å². The van der Waals surface area contributed by atoms with Crippen LogP contribution in [-0.2, 0) is 0 Å². The van der Waals surface area contributed by atoms with Gasteiger partial charge in [-0.05, 0) is 48.8 Å². The molecule has 1 aromatic carbocycles. The summed E-state index contributed by atoms with van der Waals surface area (Å²) in [6.45, 7) is 7.77. The highest BCUT2D eigenvalue weighted by atomic mass is 35.5. The molecule has 1 nitrogen and oxygen atoms in total. The van der Waals surface area contributed by atoms with Crippen molar-refractivity contribution in [2.75, 3.05) is 6.54 Å². The summed E-state index contributed by atoms with van der Waals surface area (Å²) in [5.74, 6) is 0.696. The highest BCUT2D eigenvalue weighted by molar-refractivity contribution is 6.42. The fourth-order valence-corrected chi connectivity index (χ4v) is 4.52. The molecule has 1 saturated carbocycles. The molecular weight excluding hydrogens is 301 g/mol. The molecule has 0 aromatic heterocycles. The monoisotopic (exact) mass is 327 g/mol. The Hall–Kier alpha value is -0.240. The average Bonchev–Trinajstić information content (AvgIpc) is 2.88. The van der Waals surface area contributed by atoms with E-state index in [1.54, 1.807) is 0 Å². The minimum absolute atomic E-state index is 0.304. The maximum absolute atomic E-state index is 6.53. The van der Waals surface area contributed by atoms with Crippen LogP contribution >= 0.6 is 23.2 Å². The number of benzene rings is 1. The Balaban J connectivity index is 2.42. The summed E-state index contributed by atoms with van der Waals surface area (Å²) in [6, 6.07) is 6.34. The van der Waals surface area contributed by atoms with Gasteiger partial charge in [0.2, 0.25) is 0 Å². The van der Waals surface area contributed by atoms with E-state index in [-0.39, 0.29) is 0 Å². The van der Waals surface area contributed by atoms with Gasteiger partial charge in [0, 0.05) is 6.04 Å². The van der Waals surface area contributed by atoms with Gasteiger partial charge < -0.3 is 5.32 Å². The fraction of sp³-hybridized carbons (Fsp3) is 0.667. The summed E-state index contributed by atoms with van der Waals surface area (Å²) in [6.07, 6.45) is 6.46. The standard InChI is InChI=1S/C18H27Cl2N/c1-4-21-17(14-8-7-9-15(19)16(14)20)18(12-13(2)3)10-5-6-11-18/h7-9,13,17,21H,4-6,10-12H2,1-3H3. The lowest BCUT2D eigenvalue weighted by atomic mass is 9.70. The maximum Gasteiger partial charge on any atom is 0.0640 e. The third-order valence-electron chi connectivity index (χ3n) is 4.73. The number of rotatable bonds is 6. The Labute approximate surface area is 139 Å². The second-order valence-corrected chi connectivity index (χ2v) is 7.59. The molecule has 21 heavy (non-hydrogen) atoms. The van der Waals surface area contributed by atoms with Crippen LogP contribution in [0.25, 0.3) is 0 Å². The van der Waals surface area contributed by atoms with Crippen molar-refractivity contribution >= 4 is 23.2 Å². The van der Waals surface area contributed by atoms with Crippen LogP contribution in [0.4, 0.5) is 0 Å². The van der Waals surface area contributed by atoms with Gasteiger partial charge in [-0.2, -0.15) is 0 Å². The van der Waals surface area contributed by atoms with Gasteiger partial charge >= 0.3 is 0 Å². The van der Waals surface area contributed by atoms with E-state index in [1.807, 2.05) is 12.1 Å². The van der Waals surface area contributed by atoms with Crippen molar-refractivity contribution in [1.29, 1.82) is 0 Å². The molecular formula is C18H27Cl2N. The van der Waals surface area contributed by atoms with E-state index in [1.165, 1.54) is 37.7 Å². The molecule has 1 atom stereocenters. The molecule has 0 bridgehead atoms. The van der Waals surface area contributed by atoms with Crippen molar-refractivity contribution in [2.24, 2.45) is 11.3 Å². The van der Waals surface area contributed by atoms with E-state index < -0.39 is 0 Å². The topological polar surface area (TPSA) is 12.0 Å². The van der Waals surface area contributed by atoms with E-state index in [2.05, 4.69) is 32.2 Å². The summed E-state index contributed by atoms with van der Waals surface area (Å²) in [7, 11) is 0. The number of hydrogen-bond acceptors (Lipinski definition) is 1. The summed E-state index contributed by atoms with van der Waals surface area (Å²) < 4.78 is 0. The van der Waals surface area contributed by atoms with Crippen molar-refractivity contribution in [3.05, 3.63) is 33.8 Å². The summed E-state index contributed by atoms with van der Waals surface area (Å²) in [4.78, 5) is 0. The molecule has 0 spiro atoms. The Morgan fingerprint density at radius 3 is 2.43 bits per heavy atom. The molecule has 1 N–H and O–H groups in total. The highest BCUT2D eigenvalue weighted by Crippen LogP contribution is 2.53. The fourth-order valence-electron chi connectivity index (χ4n) is 4.11. The van der Waals surface area contributed by atoms with Crippen LogP contribution in [0, 0.1) is 11.3 Å². The Morgan fingerprint density at radius 1 is 1.19 bits per heavy atom. The minimum Gasteiger partial charge on any atom is -0.310 e. The number of nitrogens with one attached hydrogen (secondary N) is 1. The molecule has 1 aromatic rings. The Bertz CT molecular complexity index is 464. The molecule has 0 aliphatic heterocycles. The van der Waals surface area contributed by atoms with Gasteiger partial charge in [-0.3, -0.25) is 0 Å². The second kappa shape index (κ2) is 7.35. The van der Waals surface area contributed by atoms with Crippen molar-refractivity contribution in [3.8, 4) is 0 Å². The van der Waals surface area contributed by atoms with E-state index in [0.29, 0.717) is 22.4 Å². The SMILES string of the molecule is CCNC(c1cccc(Cl)c1Cl)C1(CC(C)C)CCCC1. The van der Waals surface area contributed by atoms with Gasteiger partial charge in [0.15, 0.2) is 0 Å². The zero-order chi connectivity index (χ0) is 15.5. The molecule has 1 fully saturated rings. The first-order valence-corrected chi connectivity index (χ1v) is 8.93. The maximum atomic E-state index is 6.53. The quantitative estimate of drug-likeness (QED) is 0.651. The molecule has 0 saturated heterocycles. The van der Waals surface area contributed by atoms with E-state index in [0.717, 1.165) is 11.6 Å². The first-order chi connectivity index (χ1) is 10.00.